The number of ether oxygens (including phenoxy) is 1. The minimum Gasteiger partial charge on any atom is -0.462 e. The van der Waals surface area contributed by atoms with Gasteiger partial charge in [0.15, 0.2) is 0 Å². The molecular formula is C18H14O3S2. The number of ketones is 1. The number of carbonyl (C=O) groups is 2. The Hall–Kier alpha value is -2.24. The molecular weight excluding hydrogens is 328 g/mol. The first-order valence-electron chi connectivity index (χ1n) is 7.11. The van der Waals surface area contributed by atoms with Gasteiger partial charge >= 0.3 is 5.97 Å². The van der Waals surface area contributed by atoms with Crippen molar-refractivity contribution < 1.29 is 14.3 Å². The molecule has 116 valence electrons. The third kappa shape index (κ3) is 3.75. The lowest BCUT2D eigenvalue weighted by atomic mass is 10.0. The van der Waals surface area contributed by atoms with E-state index in [-0.39, 0.29) is 5.78 Å². The molecule has 0 bridgehead atoms. The van der Waals surface area contributed by atoms with Gasteiger partial charge in [0.1, 0.15) is 0 Å². The van der Waals surface area contributed by atoms with Crippen LogP contribution in [0.3, 0.4) is 0 Å². The first-order chi connectivity index (χ1) is 11.3. The average molecular weight is 342 g/mol. The van der Waals surface area contributed by atoms with E-state index in [4.69, 9.17) is 4.74 Å². The van der Waals surface area contributed by atoms with Gasteiger partial charge in [0.2, 0.25) is 5.78 Å². The summed E-state index contributed by atoms with van der Waals surface area (Å²) in [7, 11) is 0. The van der Waals surface area contributed by atoms with E-state index >= 15 is 0 Å². The van der Waals surface area contributed by atoms with Crippen molar-refractivity contribution in [1.82, 2.24) is 0 Å². The van der Waals surface area contributed by atoms with Gasteiger partial charge in [-0.3, -0.25) is 4.79 Å². The molecule has 0 aliphatic heterocycles. The van der Waals surface area contributed by atoms with Crippen LogP contribution in [0.2, 0.25) is 0 Å². The fourth-order valence-corrected chi connectivity index (χ4v) is 3.55. The van der Waals surface area contributed by atoms with E-state index in [2.05, 4.69) is 0 Å². The largest absolute Gasteiger partial charge is 0.462 e. The molecule has 0 amide bonds. The highest BCUT2D eigenvalue weighted by Gasteiger charge is 2.19. The van der Waals surface area contributed by atoms with Gasteiger partial charge in [0, 0.05) is 12.0 Å². The van der Waals surface area contributed by atoms with E-state index < -0.39 is 5.97 Å². The summed E-state index contributed by atoms with van der Waals surface area (Å²) in [4.78, 5) is 25.4. The fourth-order valence-electron chi connectivity index (χ4n) is 2.17. The molecule has 0 fully saturated rings. The SMILES string of the molecule is O=C(OCCc1ccsc1)c1ccccc1C(=O)c1cccs1. The van der Waals surface area contributed by atoms with Crippen LogP contribution in [-0.2, 0) is 11.2 Å². The summed E-state index contributed by atoms with van der Waals surface area (Å²) in [5.74, 6) is -0.605. The Kier molecular flexibility index (Phi) is 5.00. The second-order valence-electron chi connectivity index (χ2n) is 4.87. The highest BCUT2D eigenvalue weighted by Crippen LogP contribution is 2.19. The van der Waals surface area contributed by atoms with Gasteiger partial charge in [0.05, 0.1) is 17.0 Å². The van der Waals surface area contributed by atoms with Gasteiger partial charge < -0.3 is 4.74 Å². The number of thiophene rings is 2. The molecule has 1 aromatic carbocycles. The van der Waals surface area contributed by atoms with Crippen molar-refractivity contribution in [2.45, 2.75) is 6.42 Å². The molecule has 0 unspecified atom stereocenters. The number of carbonyl (C=O) groups excluding carboxylic acids is 2. The molecule has 0 radical (unpaired) electrons. The van der Waals surface area contributed by atoms with E-state index in [0.717, 1.165) is 5.56 Å². The van der Waals surface area contributed by atoms with Crippen molar-refractivity contribution >= 4 is 34.4 Å². The zero-order valence-electron chi connectivity index (χ0n) is 12.2. The quantitative estimate of drug-likeness (QED) is 0.491. The van der Waals surface area contributed by atoms with Gasteiger partial charge in [-0.15, -0.1) is 11.3 Å². The standard InChI is InChI=1S/C18H14O3S2/c19-17(16-6-3-10-23-16)14-4-1-2-5-15(14)18(20)21-9-7-13-8-11-22-12-13/h1-6,8,10-12H,7,9H2. The van der Waals surface area contributed by atoms with E-state index in [1.807, 2.05) is 28.3 Å². The molecule has 0 spiro atoms. The fraction of sp³-hybridized carbons (Fsp3) is 0.111. The lowest BCUT2D eigenvalue weighted by Crippen LogP contribution is -2.13. The van der Waals surface area contributed by atoms with Gasteiger partial charge in [-0.05, 0) is 39.9 Å². The summed E-state index contributed by atoms with van der Waals surface area (Å²) < 4.78 is 5.33. The molecule has 3 nitrogen and oxygen atoms in total. The van der Waals surface area contributed by atoms with Crippen LogP contribution in [0.4, 0.5) is 0 Å². The lowest BCUT2D eigenvalue weighted by molar-refractivity contribution is 0.0506. The van der Waals surface area contributed by atoms with Crippen LogP contribution < -0.4 is 0 Å². The Morgan fingerprint density at radius 3 is 2.48 bits per heavy atom. The van der Waals surface area contributed by atoms with Gasteiger partial charge in [0.25, 0.3) is 0 Å². The maximum Gasteiger partial charge on any atom is 0.338 e. The summed E-state index contributed by atoms with van der Waals surface area (Å²) in [6.07, 6.45) is 0.677. The summed E-state index contributed by atoms with van der Waals surface area (Å²) in [6, 6.07) is 12.4. The highest BCUT2D eigenvalue weighted by molar-refractivity contribution is 7.12. The van der Waals surface area contributed by atoms with Crippen LogP contribution in [-0.4, -0.2) is 18.4 Å². The smallest absolute Gasteiger partial charge is 0.338 e. The Morgan fingerprint density at radius 2 is 1.78 bits per heavy atom. The van der Waals surface area contributed by atoms with Crippen LogP contribution in [0.5, 0.6) is 0 Å². The normalized spacial score (nSPS) is 10.4. The number of rotatable bonds is 6. The lowest BCUT2D eigenvalue weighted by Gasteiger charge is -2.08. The molecule has 5 heteroatoms. The molecule has 2 aromatic heterocycles. The summed E-state index contributed by atoms with van der Waals surface area (Å²) in [5.41, 5.74) is 1.84. The molecule has 3 aromatic rings. The molecule has 0 saturated heterocycles. The predicted octanol–water partition coefficient (Wildman–Crippen LogP) is 4.44. The van der Waals surface area contributed by atoms with Crippen LogP contribution >= 0.6 is 22.7 Å². The molecule has 0 saturated carbocycles. The van der Waals surface area contributed by atoms with Crippen LogP contribution in [0.15, 0.2) is 58.6 Å². The van der Waals surface area contributed by atoms with Crippen molar-refractivity contribution in [3.8, 4) is 0 Å². The zero-order valence-corrected chi connectivity index (χ0v) is 13.9. The second-order valence-corrected chi connectivity index (χ2v) is 6.60. The molecule has 0 aliphatic rings. The molecule has 0 N–H and O–H groups in total. The Bertz CT molecular complexity index is 790. The van der Waals surface area contributed by atoms with Crippen LogP contribution in [0, 0.1) is 0 Å². The van der Waals surface area contributed by atoms with Crippen molar-refractivity contribution in [1.29, 1.82) is 0 Å². The third-order valence-corrected chi connectivity index (χ3v) is 4.94. The topological polar surface area (TPSA) is 43.4 Å². The monoisotopic (exact) mass is 342 g/mol. The van der Waals surface area contributed by atoms with Crippen molar-refractivity contribution in [3.63, 3.8) is 0 Å². The minimum atomic E-state index is -0.458. The predicted molar refractivity (Wildman–Crippen MR) is 92.5 cm³/mol. The first-order valence-corrected chi connectivity index (χ1v) is 8.93. The second kappa shape index (κ2) is 7.35. The van der Waals surface area contributed by atoms with Gasteiger partial charge in [-0.25, -0.2) is 4.79 Å². The van der Waals surface area contributed by atoms with Crippen molar-refractivity contribution in [2.24, 2.45) is 0 Å². The van der Waals surface area contributed by atoms with Crippen LogP contribution in [0.25, 0.3) is 0 Å². The summed E-state index contributed by atoms with van der Waals surface area (Å²) in [6.45, 7) is 0.303. The Morgan fingerprint density at radius 1 is 0.957 bits per heavy atom. The molecule has 0 aliphatic carbocycles. The van der Waals surface area contributed by atoms with Crippen molar-refractivity contribution in [2.75, 3.05) is 6.61 Å². The van der Waals surface area contributed by atoms with E-state index in [9.17, 15) is 9.59 Å². The number of hydrogen-bond donors (Lipinski definition) is 0. The Labute approximate surface area is 142 Å². The highest BCUT2D eigenvalue weighted by atomic mass is 32.1. The van der Waals surface area contributed by atoms with Crippen molar-refractivity contribution in [3.05, 3.63) is 80.2 Å². The summed E-state index contributed by atoms with van der Waals surface area (Å²) in [5, 5.41) is 5.86. The minimum absolute atomic E-state index is 0.148. The molecule has 23 heavy (non-hydrogen) atoms. The zero-order chi connectivity index (χ0) is 16.1. The maximum absolute atomic E-state index is 12.5. The van der Waals surface area contributed by atoms with Gasteiger partial charge in [-0.1, -0.05) is 24.3 Å². The van der Waals surface area contributed by atoms with Crippen LogP contribution in [0.1, 0.15) is 31.2 Å². The Balaban J connectivity index is 1.72. The van der Waals surface area contributed by atoms with E-state index in [1.54, 1.807) is 41.7 Å². The number of benzene rings is 1. The van der Waals surface area contributed by atoms with E-state index in [1.165, 1.54) is 11.3 Å². The van der Waals surface area contributed by atoms with E-state index in [0.29, 0.717) is 29.0 Å². The molecule has 3 rings (SSSR count). The average Bonchev–Trinajstić information content (AvgIpc) is 3.27. The number of hydrogen-bond acceptors (Lipinski definition) is 5. The molecule has 2 heterocycles. The van der Waals surface area contributed by atoms with Gasteiger partial charge in [-0.2, -0.15) is 11.3 Å². The summed E-state index contributed by atoms with van der Waals surface area (Å²) >= 11 is 2.98. The molecule has 0 atom stereocenters. The maximum atomic E-state index is 12.5. The third-order valence-electron chi connectivity index (χ3n) is 3.34. The number of esters is 1. The first kappa shape index (κ1) is 15.6.